The first-order valence-electron chi connectivity index (χ1n) is 11.4. The van der Waals surface area contributed by atoms with Crippen LogP contribution in [0.3, 0.4) is 0 Å². The highest BCUT2D eigenvalue weighted by atomic mass is 35.5. The molecule has 1 atom stereocenters. The summed E-state index contributed by atoms with van der Waals surface area (Å²) < 4.78 is 17.4. The quantitative estimate of drug-likeness (QED) is 0.319. The van der Waals surface area contributed by atoms with E-state index in [1.165, 1.54) is 0 Å². The number of rotatable bonds is 7. The molecule has 3 aromatic carbocycles. The van der Waals surface area contributed by atoms with E-state index < -0.39 is 6.04 Å². The highest BCUT2D eigenvalue weighted by Gasteiger charge is 2.43. The first-order valence-corrected chi connectivity index (χ1v) is 11.8. The van der Waals surface area contributed by atoms with Gasteiger partial charge in [0.2, 0.25) is 5.76 Å². The predicted molar refractivity (Wildman–Crippen MR) is 134 cm³/mol. The maximum Gasteiger partial charge on any atom is 0.291 e. The van der Waals surface area contributed by atoms with Crippen LogP contribution in [0, 0.1) is 0 Å². The molecule has 6 nitrogen and oxygen atoms in total. The summed E-state index contributed by atoms with van der Waals surface area (Å²) >= 11 is 6.17. The molecule has 0 fully saturated rings. The first-order chi connectivity index (χ1) is 17.0. The van der Waals surface area contributed by atoms with E-state index in [0.717, 1.165) is 17.5 Å². The monoisotopic (exact) mass is 489 g/mol. The van der Waals surface area contributed by atoms with Crippen molar-refractivity contribution in [2.24, 2.45) is 0 Å². The van der Waals surface area contributed by atoms with E-state index in [-0.39, 0.29) is 17.1 Å². The molecule has 0 bridgehead atoms. The number of halogens is 1. The zero-order valence-electron chi connectivity index (χ0n) is 19.4. The summed E-state index contributed by atoms with van der Waals surface area (Å²) in [5.41, 5.74) is 2.01. The number of benzene rings is 3. The van der Waals surface area contributed by atoms with E-state index in [2.05, 4.69) is 0 Å². The minimum absolute atomic E-state index is 0.0519. The molecule has 4 aromatic rings. The number of fused-ring (bicyclic) bond motifs is 2. The SMILES string of the molecule is CCCOc1ccc(C2c3c(oc4ccc(Cl)cc4c3=O)C(=O)N2Cc2ccccc2)cc1OC. The van der Waals surface area contributed by atoms with E-state index in [1.54, 1.807) is 30.2 Å². The number of carbonyl (C=O) groups is 1. The fourth-order valence-corrected chi connectivity index (χ4v) is 4.64. The average molecular weight is 490 g/mol. The van der Waals surface area contributed by atoms with Crippen LogP contribution in [0.25, 0.3) is 11.0 Å². The van der Waals surface area contributed by atoms with Crippen LogP contribution in [-0.2, 0) is 6.54 Å². The van der Waals surface area contributed by atoms with Crippen LogP contribution < -0.4 is 14.9 Å². The summed E-state index contributed by atoms with van der Waals surface area (Å²) in [6.45, 7) is 2.89. The van der Waals surface area contributed by atoms with E-state index in [1.807, 2.05) is 55.5 Å². The van der Waals surface area contributed by atoms with E-state index >= 15 is 0 Å². The second kappa shape index (κ2) is 9.47. The summed E-state index contributed by atoms with van der Waals surface area (Å²) in [5, 5.41) is 0.760. The Bertz CT molecular complexity index is 1460. The third kappa shape index (κ3) is 4.15. The number of ether oxygens (including phenoxy) is 2. The molecule has 7 heteroatoms. The summed E-state index contributed by atoms with van der Waals surface area (Å²) in [4.78, 5) is 29.0. The Kier molecular flexibility index (Phi) is 6.22. The highest BCUT2D eigenvalue weighted by Crippen LogP contribution is 2.41. The van der Waals surface area contributed by atoms with Crippen molar-refractivity contribution in [1.82, 2.24) is 4.90 Å². The number of carbonyl (C=O) groups excluding carboxylic acids is 1. The molecule has 1 aliphatic heterocycles. The van der Waals surface area contributed by atoms with Crippen LogP contribution in [0.2, 0.25) is 5.02 Å². The van der Waals surface area contributed by atoms with Gasteiger partial charge in [-0.1, -0.05) is 54.9 Å². The van der Waals surface area contributed by atoms with Gasteiger partial charge in [0.05, 0.1) is 30.7 Å². The lowest BCUT2D eigenvalue weighted by Crippen LogP contribution is -2.29. The zero-order valence-corrected chi connectivity index (χ0v) is 20.2. The van der Waals surface area contributed by atoms with Crippen LogP contribution in [0.4, 0.5) is 0 Å². The Balaban J connectivity index is 1.70. The number of hydrogen-bond donors (Lipinski definition) is 0. The molecule has 35 heavy (non-hydrogen) atoms. The van der Waals surface area contributed by atoms with Crippen molar-refractivity contribution >= 4 is 28.5 Å². The third-order valence-corrected chi connectivity index (χ3v) is 6.32. The molecule has 178 valence electrons. The van der Waals surface area contributed by atoms with Gasteiger partial charge in [0.25, 0.3) is 5.91 Å². The van der Waals surface area contributed by atoms with Crippen LogP contribution in [0.15, 0.2) is 75.9 Å². The molecule has 0 spiro atoms. The van der Waals surface area contributed by atoms with Crippen LogP contribution >= 0.6 is 11.6 Å². The lowest BCUT2D eigenvalue weighted by Gasteiger charge is -2.26. The van der Waals surface area contributed by atoms with Gasteiger partial charge in [0, 0.05) is 11.6 Å². The molecular weight excluding hydrogens is 466 g/mol. The van der Waals surface area contributed by atoms with Crippen LogP contribution in [0.1, 0.15) is 46.6 Å². The van der Waals surface area contributed by atoms with Crippen molar-refractivity contribution in [1.29, 1.82) is 0 Å². The highest BCUT2D eigenvalue weighted by molar-refractivity contribution is 6.31. The lowest BCUT2D eigenvalue weighted by molar-refractivity contribution is 0.0714. The van der Waals surface area contributed by atoms with Crippen molar-refractivity contribution in [2.45, 2.75) is 25.9 Å². The topological polar surface area (TPSA) is 69.0 Å². The van der Waals surface area contributed by atoms with Gasteiger partial charge < -0.3 is 18.8 Å². The van der Waals surface area contributed by atoms with Crippen LogP contribution in [-0.4, -0.2) is 24.5 Å². The predicted octanol–water partition coefficient (Wildman–Crippen LogP) is 5.99. The normalized spacial score (nSPS) is 14.9. The van der Waals surface area contributed by atoms with Gasteiger partial charge in [-0.2, -0.15) is 0 Å². The lowest BCUT2D eigenvalue weighted by atomic mass is 9.97. The molecule has 1 amide bonds. The number of amides is 1. The van der Waals surface area contributed by atoms with Gasteiger partial charge in [0.15, 0.2) is 16.9 Å². The molecule has 0 saturated carbocycles. The zero-order chi connectivity index (χ0) is 24.5. The summed E-state index contributed by atoms with van der Waals surface area (Å²) in [5.74, 6) is 0.850. The molecule has 1 aromatic heterocycles. The van der Waals surface area contributed by atoms with E-state index in [4.69, 9.17) is 25.5 Å². The van der Waals surface area contributed by atoms with Crippen molar-refractivity contribution in [2.75, 3.05) is 13.7 Å². The Hall–Kier alpha value is -3.77. The summed E-state index contributed by atoms with van der Waals surface area (Å²) in [7, 11) is 1.57. The van der Waals surface area contributed by atoms with E-state index in [9.17, 15) is 9.59 Å². The van der Waals surface area contributed by atoms with Crippen molar-refractivity contribution in [3.05, 3.63) is 104 Å². The number of hydrogen-bond acceptors (Lipinski definition) is 5. The van der Waals surface area contributed by atoms with Crippen molar-refractivity contribution < 1.29 is 18.7 Å². The fraction of sp³-hybridized carbons (Fsp3) is 0.214. The Morgan fingerprint density at radius 1 is 1.00 bits per heavy atom. The molecule has 0 saturated heterocycles. The van der Waals surface area contributed by atoms with Crippen molar-refractivity contribution in [3.63, 3.8) is 0 Å². The van der Waals surface area contributed by atoms with Gasteiger partial charge >= 0.3 is 0 Å². The van der Waals surface area contributed by atoms with E-state index in [0.29, 0.717) is 46.2 Å². The minimum atomic E-state index is -0.661. The van der Waals surface area contributed by atoms with Gasteiger partial charge in [-0.25, -0.2) is 0 Å². The largest absolute Gasteiger partial charge is 0.493 e. The average Bonchev–Trinajstić information content (AvgIpc) is 3.15. The molecule has 5 rings (SSSR count). The number of nitrogens with zero attached hydrogens (tertiary/aromatic N) is 1. The molecule has 2 heterocycles. The van der Waals surface area contributed by atoms with Crippen molar-refractivity contribution in [3.8, 4) is 11.5 Å². The Morgan fingerprint density at radius 2 is 1.80 bits per heavy atom. The summed E-state index contributed by atoms with van der Waals surface area (Å²) in [6, 6.07) is 19.3. The second-order valence-corrected chi connectivity index (χ2v) is 8.83. The smallest absolute Gasteiger partial charge is 0.291 e. The molecule has 0 radical (unpaired) electrons. The Labute approximate surface area is 207 Å². The third-order valence-electron chi connectivity index (χ3n) is 6.09. The first kappa shape index (κ1) is 23.0. The molecule has 1 aliphatic rings. The Morgan fingerprint density at radius 3 is 2.54 bits per heavy atom. The van der Waals surface area contributed by atoms with Crippen LogP contribution in [0.5, 0.6) is 11.5 Å². The molecule has 0 N–H and O–H groups in total. The maximum absolute atomic E-state index is 13.7. The van der Waals surface area contributed by atoms with Gasteiger partial charge in [-0.05, 0) is 47.9 Å². The van der Waals surface area contributed by atoms with Gasteiger partial charge in [-0.3, -0.25) is 9.59 Å². The molecular formula is C28H24ClNO5. The number of methoxy groups -OCH3 is 1. The fourth-order valence-electron chi connectivity index (χ4n) is 4.47. The van der Waals surface area contributed by atoms with Gasteiger partial charge in [-0.15, -0.1) is 0 Å². The molecule has 1 unspecified atom stereocenters. The minimum Gasteiger partial charge on any atom is -0.493 e. The maximum atomic E-state index is 13.7. The second-order valence-electron chi connectivity index (χ2n) is 8.39. The summed E-state index contributed by atoms with van der Waals surface area (Å²) in [6.07, 6.45) is 0.858. The standard InChI is InChI=1S/C28H24ClNO5/c1-3-13-34-22-11-9-18(14-23(22)33-2)25-24-26(31)20-15-19(29)10-12-21(20)35-27(24)28(32)30(25)16-17-7-5-4-6-8-17/h4-12,14-15,25H,3,13,16H2,1-2H3. The molecule has 0 aliphatic carbocycles. The van der Waals surface area contributed by atoms with Gasteiger partial charge in [0.1, 0.15) is 5.58 Å².